The van der Waals surface area contributed by atoms with Crippen LogP contribution in [0, 0.1) is 6.92 Å². The zero-order valence-electron chi connectivity index (χ0n) is 19.1. The van der Waals surface area contributed by atoms with Crippen LogP contribution in [0.4, 0.5) is 0 Å². The second kappa shape index (κ2) is 9.39. The first-order chi connectivity index (χ1) is 16.0. The van der Waals surface area contributed by atoms with Crippen LogP contribution in [-0.2, 0) is 11.2 Å². The summed E-state index contributed by atoms with van der Waals surface area (Å²) in [6, 6.07) is 9.93. The molecule has 1 aromatic carbocycles. The summed E-state index contributed by atoms with van der Waals surface area (Å²) in [6.07, 6.45) is 5.81. The molecule has 8 heteroatoms. The first-order valence-corrected chi connectivity index (χ1v) is 12.9. The van der Waals surface area contributed by atoms with E-state index in [0.717, 1.165) is 72.3 Å². The van der Waals surface area contributed by atoms with Gasteiger partial charge in [-0.15, -0.1) is 21.5 Å². The lowest BCUT2D eigenvalue weighted by molar-refractivity contribution is -0.132. The molecule has 1 saturated heterocycles. The molecule has 0 aliphatic carbocycles. The molecule has 0 radical (unpaired) electrons. The summed E-state index contributed by atoms with van der Waals surface area (Å²) in [4.78, 5) is 20.9. The van der Waals surface area contributed by atoms with Gasteiger partial charge in [-0.3, -0.25) is 14.4 Å². The number of nitrogens with zero attached hydrogens (tertiary/aromatic N) is 5. The highest BCUT2D eigenvalue weighted by Gasteiger charge is 2.28. The van der Waals surface area contributed by atoms with Gasteiger partial charge < -0.3 is 4.90 Å². The van der Waals surface area contributed by atoms with Crippen molar-refractivity contribution in [3.8, 4) is 5.00 Å². The smallest absolute Gasteiger partial charge is 0.222 e. The molecule has 5 rings (SSSR count). The summed E-state index contributed by atoms with van der Waals surface area (Å²) in [5.41, 5.74) is 2.87. The monoisotopic (exact) mass is 481 g/mol. The van der Waals surface area contributed by atoms with Crippen LogP contribution in [-0.4, -0.2) is 44.4 Å². The number of amides is 1. The number of halogens is 1. The Hall–Kier alpha value is -2.51. The molecule has 0 bridgehead atoms. The normalized spacial score (nSPS) is 17.8. The lowest BCUT2D eigenvalue weighted by Gasteiger charge is -2.26. The quantitative estimate of drug-likeness (QED) is 0.480. The maximum absolute atomic E-state index is 12.6. The highest BCUT2D eigenvalue weighted by Crippen LogP contribution is 2.37. The van der Waals surface area contributed by atoms with Gasteiger partial charge in [0.05, 0.1) is 5.71 Å². The van der Waals surface area contributed by atoms with Crippen LogP contribution in [0.25, 0.3) is 5.00 Å². The van der Waals surface area contributed by atoms with Gasteiger partial charge in [0.2, 0.25) is 5.91 Å². The molecule has 2 aliphatic heterocycles. The number of hydrogen-bond acceptors (Lipinski definition) is 5. The molecule has 0 N–H and O–H groups in total. The van der Waals surface area contributed by atoms with E-state index in [1.807, 2.05) is 43.0 Å². The molecule has 4 heterocycles. The van der Waals surface area contributed by atoms with Crippen molar-refractivity contribution in [2.75, 3.05) is 13.1 Å². The average molecular weight is 482 g/mol. The SMILES string of the molecule is Cc1nnc2n1-c1sc(CCCC(=O)N3CCCCC3)cc1C(c1ccccc1Cl)=NC2C. The molecule has 1 unspecified atom stereocenters. The Bertz CT molecular complexity index is 1210. The van der Waals surface area contributed by atoms with E-state index in [1.165, 1.54) is 11.3 Å². The van der Waals surface area contributed by atoms with Gasteiger partial charge in [0.25, 0.3) is 0 Å². The van der Waals surface area contributed by atoms with E-state index in [-0.39, 0.29) is 11.9 Å². The lowest BCUT2D eigenvalue weighted by atomic mass is 10.0. The number of thiophene rings is 1. The number of carbonyl (C=O) groups is 1. The molecule has 6 nitrogen and oxygen atoms in total. The third kappa shape index (κ3) is 4.36. The molecule has 3 aromatic rings. The van der Waals surface area contributed by atoms with Crippen molar-refractivity contribution in [3.63, 3.8) is 0 Å². The van der Waals surface area contributed by atoms with Gasteiger partial charge in [0, 0.05) is 40.5 Å². The number of rotatable bonds is 5. The van der Waals surface area contributed by atoms with Crippen molar-refractivity contribution in [2.24, 2.45) is 4.99 Å². The van der Waals surface area contributed by atoms with E-state index in [2.05, 4.69) is 20.8 Å². The fraction of sp³-hybridized carbons (Fsp3) is 0.440. The second-order valence-electron chi connectivity index (χ2n) is 8.80. The van der Waals surface area contributed by atoms with Crippen LogP contribution in [0.1, 0.15) is 72.7 Å². The van der Waals surface area contributed by atoms with Crippen LogP contribution < -0.4 is 0 Å². The standard InChI is InChI=1S/C25H28ClN5OS/c1-16-24-29-28-17(2)31(24)25-20(23(27-16)19-10-4-5-11-21(19)26)15-18(33-25)9-8-12-22(32)30-13-6-3-7-14-30/h4-5,10-11,15-16H,3,6-9,12-14H2,1-2H3. The van der Waals surface area contributed by atoms with Gasteiger partial charge in [-0.2, -0.15) is 0 Å². The molecule has 1 fully saturated rings. The molecular formula is C25H28ClN5OS. The largest absolute Gasteiger partial charge is 0.343 e. The Labute approximate surface area is 203 Å². The van der Waals surface area contributed by atoms with Crippen molar-refractivity contribution >= 4 is 34.6 Å². The lowest BCUT2D eigenvalue weighted by Crippen LogP contribution is -2.35. The number of aromatic nitrogens is 3. The molecule has 1 amide bonds. The number of likely N-dealkylation sites (tertiary alicyclic amines) is 1. The zero-order chi connectivity index (χ0) is 22.9. The molecule has 2 aromatic heterocycles. The van der Waals surface area contributed by atoms with E-state index in [9.17, 15) is 4.79 Å². The maximum Gasteiger partial charge on any atom is 0.222 e. The number of carbonyl (C=O) groups excluding carboxylic acids is 1. The molecule has 0 saturated carbocycles. The minimum absolute atomic E-state index is 0.136. The van der Waals surface area contributed by atoms with E-state index in [1.54, 1.807) is 11.3 Å². The minimum Gasteiger partial charge on any atom is -0.343 e. The van der Waals surface area contributed by atoms with Gasteiger partial charge in [0.1, 0.15) is 16.9 Å². The fourth-order valence-electron chi connectivity index (χ4n) is 4.69. The molecular weight excluding hydrogens is 454 g/mol. The first kappa shape index (κ1) is 22.3. The van der Waals surface area contributed by atoms with Gasteiger partial charge >= 0.3 is 0 Å². The van der Waals surface area contributed by atoms with E-state index >= 15 is 0 Å². The number of aliphatic imine (C=N–C) groups is 1. The second-order valence-corrected chi connectivity index (χ2v) is 10.3. The summed E-state index contributed by atoms with van der Waals surface area (Å²) < 4.78 is 2.13. The third-order valence-electron chi connectivity index (χ3n) is 6.42. The topological polar surface area (TPSA) is 63.4 Å². The molecule has 33 heavy (non-hydrogen) atoms. The van der Waals surface area contributed by atoms with Crippen molar-refractivity contribution in [1.82, 2.24) is 19.7 Å². The summed E-state index contributed by atoms with van der Waals surface area (Å²) in [5, 5.41) is 10.5. The highest BCUT2D eigenvalue weighted by molar-refractivity contribution is 7.15. The summed E-state index contributed by atoms with van der Waals surface area (Å²) in [7, 11) is 0. The predicted octanol–water partition coefficient (Wildman–Crippen LogP) is 5.54. The Balaban J connectivity index is 1.45. The molecule has 1 atom stereocenters. The van der Waals surface area contributed by atoms with E-state index in [0.29, 0.717) is 11.4 Å². The Morgan fingerprint density at radius 1 is 1.15 bits per heavy atom. The maximum atomic E-state index is 12.6. The summed E-state index contributed by atoms with van der Waals surface area (Å²) in [5.74, 6) is 1.98. The van der Waals surface area contributed by atoms with Gasteiger partial charge in [-0.25, -0.2) is 0 Å². The predicted molar refractivity (Wildman–Crippen MR) is 133 cm³/mol. The Morgan fingerprint density at radius 3 is 2.73 bits per heavy atom. The van der Waals surface area contributed by atoms with E-state index < -0.39 is 0 Å². The van der Waals surface area contributed by atoms with Crippen LogP contribution >= 0.6 is 22.9 Å². The van der Waals surface area contributed by atoms with Crippen LogP contribution in [0.2, 0.25) is 5.02 Å². The van der Waals surface area contributed by atoms with Crippen molar-refractivity contribution in [3.05, 3.63) is 63.0 Å². The highest BCUT2D eigenvalue weighted by atomic mass is 35.5. The number of hydrogen-bond donors (Lipinski definition) is 0. The fourth-order valence-corrected chi connectivity index (χ4v) is 6.17. The number of aryl methyl sites for hydroxylation is 2. The molecule has 0 spiro atoms. The zero-order valence-corrected chi connectivity index (χ0v) is 20.6. The van der Waals surface area contributed by atoms with Gasteiger partial charge in [-0.05, 0) is 58.1 Å². The summed E-state index contributed by atoms with van der Waals surface area (Å²) in [6.45, 7) is 5.85. The molecule has 172 valence electrons. The van der Waals surface area contributed by atoms with Crippen LogP contribution in [0.5, 0.6) is 0 Å². The van der Waals surface area contributed by atoms with Crippen molar-refractivity contribution < 1.29 is 4.79 Å². The minimum atomic E-state index is -0.136. The van der Waals surface area contributed by atoms with Gasteiger partial charge in [0.15, 0.2) is 5.82 Å². The Kier molecular flexibility index (Phi) is 6.34. The summed E-state index contributed by atoms with van der Waals surface area (Å²) >= 11 is 8.32. The van der Waals surface area contributed by atoms with Crippen molar-refractivity contribution in [1.29, 1.82) is 0 Å². The van der Waals surface area contributed by atoms with Crippen LogP contribution in [0.15, 0.2) is 35.3 Å². The van der Waals surface area contributed by atoms with Gasteiger partial charge in [-0.1, -0.05) is 29.8 Å². The van der Waals surface area contributed by atoms with E-state index in [4.69, 9.17) is 16.6 Å². The average Bonchev–Trinajstić information content (AvgIpc) is 3.38. The number of piperidine rings is 1. The van der Waals surface area contributed by atoms with Crippen molar-refractivity contribution in [2.45, 2.75) is 58.4 Å². The van der Waals surface area contributed by atoms with Crippen LogP contribution in [0.3, 0.4) is 0 Å². The number of benzene rings is 1. The Morgan fingerprint density at radius 2 is 1.94 bits per heavy atom. The molecule has 2 aliphatic rings. The first-order valence-electron chi connectivity index (χ1n) is 11.7. The number of fused-ring (bicyclic) bond motifs is 3. The third-order valence-corrected chi connectivity index (χ3v) is 7.93.